The molecule has 5 heteroatoms. The van der Waals surface area contributed by atoms with Crippen LogP contribution in [-0.4, -0.2) is 28.2 Å². The van der Waals surface area contributed by atoms with Gasteiger partial charge in [-0.25, -0.2) is 0 Å². The van der Waals surface area contributed by atoms with Crippen molar-refractivity contribution >= 4 is 40.8 Å². The van der Waals surface area contributed by atoms with Crippen LogP contribution in [0.3, 0.4) is 0 Å². The normalized spacial score (nSPS) is 16.3. The summed E-state index contributed by atoms with van der Waals surface area (Å²) in [7, 11) is 0. The minimum Gasteiger partial charge on any atom is -0.382 e. The molecule has 1 aromatic rings. The average molecular weight is 310 g/mol. The zero-order valence-electron chi connectivity index (χ0n) is 12.4. The topological polar surface area (TPSA) is 41.1 Å². The minimum atomic E-state index is 0.0796. The van der Waals surface area contributed by atoms with Crippen molar-refractivity contribution in [2.45, 2.75) is 43.4 Å². The van der Waals surface area contributed by atoms with Gasteiger partial charge in [-0.05, 0) is 25.1 Å². The van der Waals surface area contributed by atoms with E-state index >= 15 is 0 Å². The quantitative estimate of drug-likeness (QED) is 0.880. The molecule has 1 aliphatic heterocycles. The maximum Gasteiger partial charge on any atom is 0.234 e. The van der Waals surface area contributed by atoms with Crippen LogP contribution in [0.5, 0.6) is 0 Å². The van der Waals surface area contributed by atoms with Crippen LogP contribution >= 0.6 is 23.5 Å². The number of nitrogens with one attached hydrogen (secondary N) is 2. The monoisotopic (exact) mass is 310 g/mol. The molecule has 0 saturated carbocycles. The number of rotatable bonds is 4. The third-order valence-corrected chi connectivity index (χ3v) is 5.40. The lowest BCUT2D eigenvalue weighted by molar-refractivity contribution is -0.113. The maximum absolute atomic E-state index is 11.4. The molecule has 1 amide bonds. The van der Waals surface area contributed by atoms with E-state index in [0.717, 1.165) is 22.0 Å². The van der Waals surface area contributed by atoms with Gasteiger partial charge in [0, 0.05) is 27.1 Å². The van der Waals surface area contributed by atoms with Gasteiger partial charge in [0.05, 0.1) is 11.4 Å². The Morgan fingerprint density at radius 1 is 1.45 bits per heavy atom. The van der Waals surface area contributed by atoms with Crippen molar-refractivity contribution in [1.82, 2.24) is 0 Å². The van der Waals surface area contributed by atoms with Crippen LogP contribution in [0, 0.1) is 0 Å². The van der Waals surface area contributed by atoms with Crippen molar-refractivity contribution in [3.63, 3.8) is 0 Å². The molecule has 0 bridgehead atoms. The van der Waals surface area contributed by atoms with Gasteiger partial charge >= 0.3 is 0 Å². The van der Waals surface area contributed by atoms with Crippen LogP contribution in [0.2, 0.25) is 0 Å². The largest absolute Gasteiger partial charge is 0.382 e. The van der Waals surface area contributed by atoms with Crippen molar-refractivity contribution in [2.24, 2.45) is 0 Å². The zero-order valence-corrected chi connectivity index (χ0v) is 14.1. The summed E-state index contributed by atoms with van der Waals surface area (Å²) < 4.78 is 0.288. The summed E-state index contributed by atoms with van der Waals surface area (Å²) >= 11 is 3.55. The molecule has 0 aliphatic carbocycles. The maximum atomic E-state index is 11.4. The summed E-state index contributed by atoms with van der Waals surface area (Å²) in [4.78, 5) is 12.6. The van der Waals surface area contributed by atoms with E-state index in [0.29, 0.717) is 11.8 Å². The summed E-state index contributed by atoms with van der Waals surface area (Å²) in [5, 5.41) is 6.42. The van der Waals surface area contributed by atoms with E-state index < -0.39 is 0 Å². The molecule has 2 rings (SSSR count). The summed E-state index contributed by atoms with van der Waals surface area (Å²) in [5.41, 5.74) is 1.99. The number of thioether (sulfide) groups is 2. The molecule has 20 heavy (non-hydrogen) atoms. The molecule has 1 aromatic carbocycles. The van der Waals surface area contributed by atoms with Crippen LogP contribution in [0.25, 0.3) is 0 Å². The van der Waals surface area contributed by atoms with Crippen molar-refractivity contribution < 1.29 is 4.79 Å². The molecule has 0 saturated heterocycles. The second kappa shape index (κ2) is 6.31. The van der Waals surface area contributed by atoms with E-state index in [-0.39, 0.29) is 10.7 Å². The van der Waals surface area contributed by atoms with Gasteiger partial charge in [-0.1, -0.05) is 20.8 Å². The van der Waals surface area contributed by atoms with Crippen molar-refractivity contribution in [2.75, 3.05) is 22.1 Å². The molecule has 110 valence electrons. The second-order valence-corrected chi connectivity index (χ2v) is 8.88. The lowest BCUT2D eigenvalue weighted by Gasteiger charge is -2.23. The number of hydrogen-bond donors (Lipinski definition) is 2. The highest BCUT2D eigenvalue weighted by atomic mass is 32.2. The summed E-state index contributed by atoms with van der Waals surface area (Å²) in [6.45, 7) is 8.88. The molecular formula is C15H22N2OS2. The smallest absolute Gasteiger partial charge is 0.234 e. The summed E-state index contributed by atoms with van der Waals surface area (Å²) in [6, 6.07) is 6.58. The molecule has 0 fully saturated rings. The van der Waals surface area contributed by atoms with Crippen LogP contribution < -0.4 is 10.6 Å². The summed E-state index contributed by atoms with van der Waals surface area (Å²) in [6.07, 6.45) is 0. The van der Waals surface area contributed by atoms with Crippen molar-refractivity contribution in [3.05, 3.63) is 18.2 Å². The first-order valence-electron chi connectivity index (χ1n) is 6.81. The Balaban J connectivity index is 1.96. The van der Waals surface area contributed by atoms with E-state index in [4.69, 9.17) is 0 Å². The molecule has 1 aliphatic rings. The number of fused-ring (bicyclic) bond motifs is 1. The zero-order chi connectivity index (χ0) is 14.8. The molecule has 1 heterocycles. The fourth-order valence-electron chi connectivity index (χ4n) is 1.87. The Labute approximate surface area is 129 Å². The molecular weight excluding hydrogens is 288 g/mol. The number of hydrogen-bond acceptors (Lipinski definition) is 4. The number of carbonyl (C=O) groups is 1. The first kappa shape index (κ1) is 15.6. The van der Waals surface area contributed by atoms with Crippen LogP contribution in [0.4, 0.5) is 11.4 Å². The van der Waals surface area contributed by atoms with Gasteiger partial charge in [0.15, 0.2) is 0 Å². The Kier molecular flexibility index (Phi) is 4.91. The molecule has 1 atom stereocenters. The Morgan fingerprint density at radius 2 is 2.20 bits per heavy atom. The lowest BCUT2D eigenvalue weighted by Crippen LogP contribution is -2.22. The van der Waals surface area contributed by atoms with Gasteiger partial charge in [0.25, 0.3) is 0 Å². The average Bonchev–Trinajstić information content (AvgIpc) is 2.35. The Morgan fingerprint density at radius 3 is 2.90 bits per heavy atom. The highest BCUT2D eigenvalue weighted by molar-refractivity contribution is 8.00. The van der Waals surface area contributed by atoms with Gasteiger partial charge in [-0.15, -0.1) is 11.8 Å². The van der Waals surface area contributed by atoms with Gasteiger partial charge in [0.1, 0.15) is 0 Å². The van der Waals surface area contributed by atoms with Crippen LogP contribution in [0.15, 0.2) is 23.1 Å². The highest BCUT2D eigenvalue weighted by Crippen LogP contribution is 2.33. The Bertz CT molecular complexity index is 497. The van der Waals surface area contributed by atoms with E-state index in [1.54, 1.807) is 11.8 Å². The van der Waals surface area contributed by atoms with E-state index in [9.17, 15) is 4.79 Å². The van der Waals surface area contributed by atoms with Gasteiger partial charge in [-0.2, -0.15) is 11.8 Å². The number of anilines is 2. The van der Waals surface area contributed by atoms with Crippen molar-refractivity contribution in [1.29, 1.82) is 0 Å². The number of benzene rings is 1. The van der Waals surface area contributed by atoms with Gasteiger partial charge in [-0.3, -0.25) is 4.79 Å². The molecule has 0 radical (unpaired) electrons. The molecule has 1 unspecified atom stereocenters. The van der Waals surface area contributed by atoms with Crippen LogP contribution in [0.1, 0.15) is 27.7 Å². The fourth-order valence-corrected chi connectivity index (χ4v) is 3.50. The Hall–Kier alpha value is -0.810. The molecule has 2 N–H and O–H groups in total. The summed E-state index contributed by atoms with van der Waals surface area (Å²) in [5.74, 6) is 1.65. The molecule has 0 spiro atoms. The number of amides is 1. The highest BCUT2D eigenvalue weighted by Gasteiger charge is 2.16. The van der Waals surface area contributed by atoms with Gasteiger partial charge in [0.2, 0.25) is 5.91 Å². The fraction of sp³-hybridized carbons (Fsp3) is 0.533. The predicted molar refractivity (Wildman–Crippen MR) is 91.1 cm³/mol. The third-order valence-electron chi connectivity index (χ3n) is 2.79. The predicted octanol–water partition coefficient (Wildman–Crippen LogP) is 4.06. The third kappa shape index (κ3) is 4.63. The molecule has 3 nitrogen and oxygen atoms in total. The van der Waals surface area contributed by atoms with E-state index in [1.165, 1.54) is 0 Å². The van der Waals surface area contributed by atoms with E-state index in [2.05, 4.69) is 50.5 Å². The molecule has 0 aromatic heterocycles. The minimum absolute atomic E-state index is 0.0796. The second-order valence-electron chi connectivity index (χ2n) is 6.02. The number of carbonyl (C=O) groups excluding carboxylic acids is 1. The standard InChI is InChI=1S/C15H22N2OS2/c1-10(8-20-15(2,3)4)16-11-5-6-13-12(7-11)17-14(18)9-19-13/h5-7,10,16H,8-9H2,1-4H3,(H,17,18). The van der Waals surface area contributed by atoms with Crippen molar-refractivity contribution in [3.8, 4) is 0 Å². The SMILES string of the molecule is CC(CSC(C)(C)C)Nc1ccc2c(c1)NC(=O)CS2. The van der Waals surface area contributed by atoms with Crippen LogP contribution in [-0.2, 0) is 4.79 Å². The first-order valence-corrected chi connectivity index (χ1v) is 8.78. The van der Waals surface area contributed by atoms with E-state index in [1.807, 2.05) is 17.8 Å². The lowest BCUT2D eigenvalue weighted by atomic mass is 10.2. The van der Waals surface area contributed by atoms with Gasteiger partial charge < -0.3 is 10.6 Å². The first-order chi connectivity index (χ1) is 9.33.